The molecule has 0 unspecified atom stereocenters. The number of aliphatic hydroxyl groups excluding tert-OH is 1. The van der Waals surface area contributed by atoms with Crippen LogP contribution in [0.4, 0.5) is 10.1 Å². The normalized spacial score (nSPS) is 22.7. The Hall–Kier alpha value is -2.39. The van der Waals surface area contributed by atoms with Gasteiger partial charge in [0.05, 0.1) is 12.0 Å². The minimum absolute atomic E-state index is 0.00692. The number of nitrogens with zero attached hydrogens (tertiary/aromatic N) is 3. The van der Waals surface area contributed by atoms with Crippen LogP contribution in [0, 0.1) is 11.7 Å². The molecular formula is C30H40ClFN4O3. The zero-order chi connectivity index (χ0) is 27.4. The number of rotatable bonds is 9. The smallest absolute Gasteiger partial charge is 0.225 e. The Labute approximate surface area is 235 Å². The van der Waals surface area contributed by atoms with Crippen LogP contribution in [0.1, 0.15) is 43.8 Å². The van der Waals surface area contributed by atoms with Crippen LogP contribution >= 0.6 is 11.6 Å². The predicted octanol–water partition coefficient (Wildman–Crippen LogP) is 4.09. The fraction of sp³-hybridized carbons (Fsp3) is 0.567. The number of halogens is 2. The summed E-state index contributed by atoms with van der Waals surface area (Å²) in [5.74, 6) is -0.520. The molecule has 0 spiro atoms. The zero-order valence-corrected chi connectivity index (χ0v) is 23.5. The van der Waals surface area contributed by atoms with Crippen molar-refractivity contribution in [2.45, 2.75) is 50.4 Å². The van der Waals surface area contributed by atoms with Crippen molar-refractivity contribution in [1.82, 2.24) is 15.1 Å². The highest BCUT2D eigenvalue weighted by atomic mass is 35.5. The van der Waals surface area contributed by atoms with Gasteiger partial charge in [-0.3, -0.25) is 4.79 Å². The first-order valence-corrected chi connectivity index (χ1v) is 14.6. The highest BCUT2D eigenvalue weighted by molar-refractivity contribution is 6.30. The van der Waals surface area contributed by atoms with Crippen molar-refractivity contribution < 1.29 is 19.0 Å². The van der Waals surface area contributed by atoms with E-state index in [0.717, 1.165) is 70.5 Å². The number of carbonyl (C=O) groups excluding carboxylic acids is 1. The molecule has 0 saturated carbocycles. The van der Waals surface area contributed by atoms with Gasteiger partial charge in [-0.25, -0.2) is 4.39 Å². The molecular weight excluding hydrogens is 519 g/mol. The van der Waals surface area contributed by atoms with Crippen molar-refractivity contribution >= 4 is 23.2 Å². The Kier molecular flexibility index (Phi) is 9.28. The summed E-state index contributed by atoms with van der Waals surface area (Å²) in [5, 5.41) is 15.2. The number of likely N-dealkylation sites (tertiary alicyclic amines) is 2. The number of hydrogen-bond acceptors (Lipinski definition) is 6. The largest absolute Gasteiger partial charge is 0.487 e. The Morgan fingerprint density at radius 2 is 1.79 bits per heavy atom. The van der Waals surface area contributed by atoms with Gasteiger partial charge in [0.15, 0.2) is 11.6 Å². The van der Waals surface area contributed by atoms with E-state index in [2.05, 4.69) is 27.1 Å². The molecule has 9 heteroatoms. The molecule has 0 radical (unpaired) electrons. The van der Waals surface area contributed by atoms with Gasteiger partial charge >= 0.3 is 0 Å². The van der Waals surface area contributed by atoms with E-state index < -0.39 is 18.0 Å². The number of piperidine rings is 1. The van der Waals surface area contributed by atoms with Gasteiger partial charge in [-0.1, -0.05) is 17.7 Å². The lowest BCUT2D eigenvalue weighted by Crippen LogP contribution is -2.48. The summed E-state index contributed by atoms with van der Waals surface area (Å²) in [6.45, 7) is 5.64. The molecule has 3 aliphatic rings. The molecule has 1 amide bonds. The van der Waals surface area contributed by atoms with E-state index in [1.807, 2.05) is 24.3 Å². The lowest BCUT2D eigenvalue weighted by molar-refractivity contribution is -0.126. The molecule has 2 aromatic carbocycles. The van der Waals surface area contributed by atoms with Crippen LogP contribution in [-0.2, 0) is 4.79 Å². The number of aliphatic hydroxyl groups is 1. The average Bonchev–Trinajstić information content (AvgIpc) is 3.63. The third-order valence-corrected chi connectivity index (χ3v) is 8.62. The molecule has 2 N–H and O–H groups in total. The number of ether oxygens (including phenoxy) is 1. The van der Waals surface area contributed by atoms with Crippen molar-refractivity contribution in [3.8, 4) is 5.75 Å². The minimum Gasteiger partial charge on any atom is -0.487 e. The standard InChI is InChI=1S/C30H40ClFN4O3/c1-34-15-11-25(12-16-34)39-28-9-4-21(18-26(28)32)29(37)27(20-35-13-2-3-14-35)33-30(38)22-10-17-36(19-22)24-7-5-23(31)6-8-24/h4-9,18,22,25,27,29,37H,2-3,10-17,19-20H2,1H3,(H,33,38)/t22-,27-,29-/m1/s1. The second-order valence-corrected chi connectivity index (χ2v) is 11.7. The van der Waals surface area contributed by atoms with Crippen LogP contribution < -0.4 is 15.0 Å². The van der Waals surface area contributed by atoms with Crippen molar-refractivity contribution in [1.29, 1.82) is 0 Å². The maximum atomic E-state index is 15.1. The van der Waals surface area contributed by atoms with Crippen molar-refractivity contribution in [2.75, 3.05) is 57.8 Å². The zero-order valence-electron chi connectivity index (χ0n) is 22.7. The lowest BCUT2D eigenvalue weighted by atomic mass is 9.99. The van der Waals surface area contributed by atoms with Crippen molar-refractivity contribution in [2.24, 2.45) is 5.92 Å². The summed E-state index contributed by atoms with van der Waals surface area (Å²) < 4.78 is 21.0. The summed E-state index contributed by atoms with van der Waals surface area (Å²) in [4.78, 5) is 20.1. The van der Waals surface area contributed by atoms with Crippen LogP contribution in [0.15, 0.2) is 42.5 Å². The first-order valence-electron chi connectivity index (χ1n) is 14.2. The SMILES string of the molecule is CN1CCC(Oc2ccc([C@@H](O)[C@@H](CN3CCCC3)NC(=O)[C@@H]3CCN(c4ccc(Cl)cc4)C3)cc2F)CC1. The highest BCUT2D eigenvalue weighted by Gasteiger charge is 2.33. The van der Waals surface area contributed by atoms with Crippen LogP contribution in [-0.4, -0.2) is 85.8 Å². The average molecular weight is 559 g/mol. The number of anilines is 1. The van der Waals surface area contributed by atoms with E-state index in [9.17, 15) is 9.90 Å². The molecule has 3 fully saturated rings. The maximum absolute atomic E-state index is 15.1. The van der Waals surface area contributed by atoms with Gasteiger partial charge in [0, 0.05) is 43.4 Å². The van der Waals surface area contributed by atoms with E-state index in [0.29, 0.717) is 23.7 Å². The van der Waals surface area contributed by atoms with Crippen molar-refractivity contribution in [3.05, 3.63) is 58.9 Å². The second-order valence-electron chi connectivity index (χ2n) is 11.3. The van der Waals surface area contributed by atoms with Gasteiger partial charge in [0.2, 0.25) is 5.91 Å². The number of amides is 1. The molecule has 0 bridgehead atoms. The number of benzene rings is 2. The molecule has 2 aromatic rings. The lowest BCUT2D eigenvalue weighted by Gasteiger charge is -2.30. The summed E-state index contributed by atoms with van der Waals surface area (Å²) in [6, 6.07) is 11.8. The van der Waals surface area contributed by atoms with Gasteiger partial charge in [0.1, 0.15) is 12.2 Å². The van der Waals surface area contributed by atoms with Crippen LogP contribution in [0.3, 0.4) is 0 Å². The molecule has 0 aliphatic carbocycles. The van der Waals surface area contributed by atoms with Gasteiger partial charge in [0.25, 0.3) is 0 Å². The summed E-state index contributed by atoms with van der Waals surface area (Å²) >= 11 is 6.03. The van der Waals surface area contributed by atoms with Crippen LogP contribution in [0.25, 0.3) is 0 Å². The first kappa shape index (κ1) is 28.1. The molecule has 3 aliphatic heterocycles. The van der Waals surface area contributed by atoms with Gasteiger partial charge < -0.3 is 29.9 Å². The molecule has 212 valence electrons. The summed E-state index contributed by atoms with van der Waals surface area (Å²) in [5.41, 5.74) is 1.49. The molecule has 3 heterocycles. The van der Waals surface area contributed by atoms with E-state index in [4.69, 9.17) is 16.3 Å². The van der Waals surface area contributed by atoms with Gasteiger partial charge in [-0.2, -0.15) is 0 Å². The fourth-order valence-electron chi connectivity index (χ4n) is 5.94. The fourth-order valence-corrected chi connectivity index (χ4v) is 6.07. The van der Waals surface area contributed by atoms with E-state index >= 15 is 4.39 Å². The third-order valence-electron chi connectivity index (χ3n) is 8.37. The molecule has 3 atom stereocenters. The third kappa shape index (κ3) is 7.23. The summed E-state index contributed by atoms with van der Waals surface area (Å²) in [7, 11) is 2.08. The molecule has 5 rings (SSSR count). The van der Waals surface area contributed by atoms with Gasteiger partial charge in [-0.05, 0) is 94.2 Å². The van der Waals surface area contributed by atoms with E-state index in [1.165, 1.54) is 6.07 Å². The van der Waals surface area contributed by atoms with Crippen LogP contribution in [0.2, 0.25) is 5.02 Å². The number of nitrogens with one attached hydrogen (secondary N) is 1. The topological polar surface area (TPSA) is 68.3 Å². The number of carbonyl (C=O) groups is 1. The molecule has 3 saturated heterocycles. The Balaban J connectivity index is 1.24. The second kappa shape index (κ2) is 12.9. The van der Waals surface area contributed by atoms with E-state index in [-0.39, 0.29) is 23.7 Å². The van der Waals surface area contributed by atoms with Crippen molar-refractivity contribution in [3.63, 3.8) is 0 Å². The highest BCUT2D eigenvalue weighted by Crippen LogP contribution is 2.29. The predicted molar refractivity (Wildman–Crippen MR) is 152 cm³/mol. The van der Waals surface area contributed by atoms with E-state index in [1.54, 1.807) is 12.1 Å². The van der Waals surface area contributed by atoms with Crippen LogP contribution in [0.5, 0.6) is 5.75 Å². The molecule has 39 heavy (non-hydrogen) atoms. The monoisotopic (exact) mass is 558 g/mol. The quantitative estimate of drug-likeness (QED) is 0.483. The number of hydrogen-bond donors (Lipinski definition) is 2. The molecule has 7 nitrogen and oxygen atoms in total. The Morgan fingerprint density at radius 3 is 2.49 bits per heavy atom. The minimum atomic E-state index is -1.03. The first-order chi connectivity index (χ1) is 18.9. The Morgan fingerprint density at radius 1 is 1.08 bits per heavy atom. The molecule has 0 aromatic heterocycles. The Bertz CT molecular complexity index is 1110. The maximum Gasteiger partial charge on any atom is 0.225 e. The van der Waals surface area contributed by atoms with Gasteiger partial charge in [-0.15, -0.1) is 0 Å². The summed E-state index contributed by atoms with van der Waals surface area (Å²) in [6.07, 6.45) is 3.63.